The van der Waals surface area contributed by atoms with Crippen molar-refractivity contribution in [2.75, 3.05) is 5.32 Å². The number of nitrogens with one attached hydrogen (secondary N) is 1. The van der Waals surface area contributed by atoms with Gasteiger partial charge in [0.1, 0.15) is 23.1 Å². The lowest BCUT2D eigenvalue weighted by molar-refractivity contribution is -0.124. The summed E-state index contributed by atoms with van der Waals surface area (Å²) in [4.78, 5) is 13.3. The van der Waals surface area contributed by atoms with Crippen LogP contribution in [0, 0.1) is 32.1 Å². The number of allylic oxidation sites excluding steroid dienone is 2. The van der Waals surface area contributed by atoms with Gasteiger partial charge in [0.05, 0.1) is 23.2 Å². The van der Waals surface area contributed by atoms with E-state index in [1.807, 2.05) is 30.7 Å². The van der Waals surface area contributed by atoms with Crippen LogP contribution in [0.4, 0.5) is 5.82 Å². The van der Waals surface area contributed by atoms with Crippen LogP contribution in [0.15, 0.2) is 52.6 Å². The zero-order valence-electron chi connectivity index (χ0n) is 18.1. The molecular formula is C25H27N3O2. The summed E-state index contributed by atoms with van der Waals surface area (Å²) in [5.41, 5.74) is 4.92. The molecule has 0 bridgehead atoms. The van der Waals surface area contributed by atoms with Crippen LogP contribution in [0.25, 0.3) is 5.69 Å². The van der Waals surface area contributed by atoms with Gasteiger partial charge in [-0.25, -0.2) is 4.68 Å². The maximum Gasteiger partial charge on any atom is 0.143 e. The molecule has 0 fully saturated rings. The van der Waals surface area contributed by atoms with E-state index < -0.39 is 0 Å². The topological polar surface area (TPSA) is 60.1 Å². The number of hydrogen-bond acceptors (Lipinski definition) is 4. The first-order valence-corrected chi connectivity index (χ1v) is 10.5. The van der Waals surface area contributed by atoms with E-state index in [-0.39, 0.29) is 23.0 Å². The third-order valence-electron chi connectivity index (χ3n) is 6.22. The van der Waals surface area contributed by atoms with Crippen LogP contribution in [-0.4, -0.2) is 15.6 Å². The Hall–Kier alpha value is -3.08. The molecule has 1 N–H and O–H groups in total. The molecule has 5 nitrogen and oxygen atoms in total. The molecule has 2 atom stereocenters. The van der Waals surface area contributed by atoms with E-state index in [9.17, 15) is 4.79 Å². The molecule has 154 valence electrons. The predicted octanol–water partition coefficient (Wildman–Crippen LogP) is 5.45. The van der Waals surface area contributed by atoms with Gasteiger partial charge in [0.25, 0.3) is 0 Å². The Morgan fingerprint density at radius 2 is 1.80 bits per heavy atom. The number of carbonyl (C=O) groups excluding carboxylic acids is 1. The third kappa shape index (κ3) is 2.92. The van der Waals surface area contributed by atoms with Crippen LogP contribution < -0.4 is 5.32 Å². The smallest absolute Gasteiger partial charge is 0.143 e. The Balaban J connectivity index is 1.75. The number of aromatic nitrogens is 2. The van der Waals surface area contributed by atoms with E-state index in [1.54, 1.807) is 0 Å². The highest BCUT2D eigenvalue weighted by molar-refractivity contribution is 5.90. The highest BCUT2D eigenvalue weighted by Gasteiger charge is 2.47. The lowest BCUT2D eigenvalue weighted by Crippen LogP contribution is -2.39. The molecule has 0 radical (unpaired) electrons. The maximum absolute atomic E-state index is 13.3. The molecule has 5 rings (SSSR count). The van der Waals surface area contributed by atoms with E-state index in [2.05, 4.69) is 56.4 Å². The third-order valence-corrected chi connectivity index (χ3v) is 6.22. The Labute approximate surface area is 176 Å². The van der Waals surface area contributed by atoms with Crippen molar-refractivity contribution in [3.8, 4) is 5.69 Å². The second-order valence-corrected chi connectivity index (χ2v) is 9.36. The zero-order chi connectivity index (χ0) is 21.2. The van der Waals surface area contributed by atoms with Crippen LogP contribution in [0.5, 0.6) is 0 Å². The standard InChI is InChI=1S/C25H27N3O2/c1-14-6-9-17(10-7-14)28-24-21(16(3)27-28)23(20-11-8-15(2)30-20)22-18(26-24)12-25(4,5)13-19(22)29/h6-12,22-23,26H,13H2,1-5H3/t22-,23+/m1/s1. The molecule has 0 saturated carbocycles. The summed E-state index contributed by atoms with van der Waals surface area (Å²) in [6.07, 6.45) is 2.74. The van der Waals surface area contributed by atoms with Gasteiger partial charge in [-0.2, -0.15) is 5.10 Å². The van der Waals surface area contributed by atoms with E-state index in [0.29, 0.717) is 6.42 Å². The van der Waals surface area contributed by atoms with E-state index in [1.165, 1.54) is 5.56 Å². The lowest BCUT2D eigenvalue weighted by Gasteiger charge is -2.39. The van der Waals surface area contributed by atoms with Crippen LogP contribution in [0.2, 0.25) is 0 Å². The number of benzene rings is 1. The number of nitrogens with zero attached hydrogens (tertiary/aromatic N) is 2. The number of hydrogen-bond donors (Lipinski definition) is 1. The molecule has 0 saturated heterocycles. The summed E-state index contributed by atoms with van der Waals surface area (Å²) in [6.45, 7) is 10.3. The molecule has 3 heterocycles. The van der Waals surface area contributed by atoms with Crippen molar-refractivity contribution in [2.24, 2.45) is 11.3 Å². The van der Waals surface area contributed by atoms with Crippen molar-refractivity contribution in [3.05, 3.63) is 76.5 Å². The van der Waals surface area contributed by atoms with Crippen LogP contribution >= 0.6 is 0 Å². The number of ketones is 1. The minimum atomic E-state index is -0.273. The molecule has 1 aromatic carbocycles. The summed E-state index contributed by atoms with van der Waals surface area (Å²) in [5.74, 6) is 2.39. The largest absolute Gasteiger partial charge is 0.466 e. The number of fused-ring (bicyclic) bond motifs is 2. The van der Waals surface area contributed by atoms with Gasteiger partial charge in [-0.15, -0.1) is 0 Å². The van der Waals surface area contributed by atoms with Gasteiger partial charge >= 0.3 is 0 Å². The van der Waals surface area contributed by atoms with Crippen molar-refractivity contribution >= 4 is 11.6 Å². The van der Waals surface area contributed by atoms with Gasteiger partial charge in [0.2, 0.25) is 0 Å². The van der Waals surface area contributed by atoms with Crippen molar-refractivity contribution in [3.63, 3.8) is 0 Å². The van der Waals surface area contributed by atoms with Crippen molar-refractivity contribution < 1.29 is 9.21 Å². The normalized spacial score (nSPS) is 22.2. The summed E-state index contributed by atoms with van der Waals surface area (Å²) < 4.78 is 8.03. The number of aryl methyl sites for hydroxylation is 3. The quantitative estimate of drug-likeness (QED) is 0.620. The number of anilines is 1. The summed E-state index contributed by atoms with van der Waals surface area (Å²) in [5, 5.41) is 8.46. The highest BCUT2D eigenvalue weighted by atomic mass is 16.3. The van der Waals surface area contributed by atoms with Gasteiger partial charge in [-0.3, -0.25) is 4.79 Å². The fourth-order valence-electron chi connectivity index (χ4n) is 4.91. The van der Waals surface area contributed by atoms with Gasteiger partial charge in [0.15, 0.2) is 0 Å². The maximum atomic E-state index is 13.3. The van der Waals surface area contributed by atoms with Gasteiger partial charge in [-0.05, 0) is 50.5 Å². The zero-order valence-corrected chi connectivity index (χ0v) is 18.1. The first-order valence-electron chi connectivity index (χ1n) is 10.5. The van der Waals surface area contributed by atoms with E-state index >= 15 is 0 Å². The van der Waals surface area contributed by atoms with Gasteiger partial charge < -0.3 is 9.73 Å². The second-order valence-electron chi connectivity index (χ2n) is 9.36. The molecule has 1 aliphatic heterocycles. The molecule has 0 spiro atoms. The molecule has 3 aromatic rings. The minimum Gasteiger partial charge on any atom is -0.466 e. The van der Waals surface area contributed by atoms with E-state index in [4.69, 9.17) is 9.52 Å². The van der Waals surface area contributed by atoms with E-state index in [0.717, 1.165) is 40.0 Å². The van der Waals surface area contributed by atoms with Gasteiger partial charge in [-0.1, -0.05) is 37.6 Å². The highest BCUT2D eigenvalue weighted by Crippen LogP contribution is 2.51. The summed E-state index contributed by atoms with van der Waals surface area (Å²) in [7, 11) is 0. The Morgan fingerprint density at radius 3 is 2.47 bits per heavy atom. The minimum absolute atomic E-state index is 0.177. The number of Topliss-reactive ketones (excluding diaryl/α,β-unsaturated/α-hetero) is 1. The number of rotatable bonds is 2. The lowest BCUT2D eigenvalue weighted by atomic mass is 9.68. The summed E-state index contributed by atoms with van der Waals surface area (Å²) in [6, 6.07) is 12.3. The monoisotopic (exact) mass is 401 g/mol. The average molecular weight is 402 g/mol. The number of carbonyl (C=O) groups is 1. The summed E-state index contributed by atoms with van der Waals surface area (Å²) >= 11 is 0. The Kier molecular flexibility index (Phi) is 4.07. The SMILES string of the molecule is Cc1ccc(-n2nc(C)c3c2NC2=CC(C)(C)CC(=O)[C@@H]2[C@H]3c2ccc(C)o2)cc1. The van der Waals surface area contributed by atoms with Crippen molar-refractivity contribution in [1.29, 1.82) is 0 Å². The second kappa shape index (κ2) is 6.46. The first kappa shape index (κ1) is 18.9. The van der Waals surface area contributed by atoms with Crippen molar-refractivity contribution in [2.45, 2.75) is 47.0 Å². The Bertz CT molecular complexity index is 1180. The van der Waals surface area contributed by atoms with Crippen LogP contribution in [-0.2, 0) is 4.79 Å². The molecule has 2 aliphatic rings. The Morgan fingerprint density at radius 1 is 1.07 bits per heavy atom. The van der Waals surface area contributed by atoms with Crippen LogP contribution in [0.1, 0.15) is 54.5 Å². The molecule has 5 heteroatoms. The average Bonchev–Trinajstić information content (AvgIpc) is 3.23. The van der Waals surface area contributed by atoms with Crippen molar-refractivity contribution in [1.82, 2.24) is 9.78 Å². The predicted molar refractivity (Wildman–Crippen MR) is 117 cm³/mol. The molecular weight excluding hydrogens is 374 g/mol. The molecule has 0 amide bonds. The van der Waals surface area contributed by atoms with Gasteiger partial charge in [0, 0.05) is 17.7 Å². The fraction of sp³-hybridized carbons (Fsp3) is 0.360. The molecule has 0 unspecified atom stereocenters. The molecule has 30 heavy (non-hydrogen) atoms. The number of furan rings is 1. The van der Waals surface area contributed by atoms with Crippen LogP contribution in [0.3, 0.4) is 0 Å². The first-order chi connectivity index (χ1) is 14.2. The molecule has 2 aromatic heterocycles. The molecule has 1 aliphatic carbocycles. The fourth-order valence-corrected chi connectivity index (χ4v) is 4.91.